The Morgan fingerprint density at radius 3 is 2.35 bits per heavy atom. The molecule has 3 rings (SSSR count). The molecule has 0 fully saturated rings. The van der Waals surface area contributed by atoms with Crippen LogP contribution < -0.4 is 21.1 Å². The molecule has 160 valence electrons. The van der Waals surface area contributed by atoms with Crippen LogP contribution in [0.1, 0.15) is 40.7 Å². The van der Waals surface area contributed by atoms with Crippen molar-refractivity contribution < 1.29 is 19.2 Å². The molecule has 0 aliphatic heterocycles. The van der Waals surface area contributed by atoms with Gasteiger partial charge in [-0.25, -0.2) is 4.68 Å². The number of nitrogens with one attached hydrogen (secondary N) is 2. The van der Waals surface area contributed by atoms with Gasteiger partial charge in [0.2, 0.25) is 0 Å². The topological polar surface area (TPSA) is 145 Å². The molecule has 0 aliphatic carbocycles. The summed E-state index contributed by atoms with van der Waals surface area (Å²) in [5.41, 5.74) is 3.58. The molecule has 31 heavy (non-hydrogen) atoms. The second-order valence-electron chi connectivity index (χ2n) is 6.79. The van der Waals surface area contributed by atoms with Crippen molar-refractivity contribution >= 4 is 28.3 Å². The average Bonchev–Trinajstić information content (AvgIpc) is 2.76. The van der Waals surface area contributed by atoms with Crippen molar-refractivity contribution in [3.05, 3.63) is 74.2 Å². The third kappa shape index (κ3) is 4.20. The highest BCUT2D eigenvalue weighted by atomic mass is 16.6. The molecular weight excluding hydrogens is 406 g/mol. The van der Waals surface area contributed by atoms with Gasteiger partial charge in [0.05, 0.1) is 29.0 Å². The zero-order valence-electron chi connectivity index (χ0n) is 16.9. The van der Waals surface area contributed by atoms with Gasteiger partial charge in [0.1, 0.15) is 5.75 Å². The minimum absolute atomic E-state index is 0.0600. The summed E-state index contributed by atoms with van der Waals surface area (Å²) < 4.78 is 6.24. The van der Waals surface area contributed by atoms with Crippen LogP contribution in [0.15, 0.2) is 47.3 Å². The lowest BCUT2D eigenvalue weighted by atomic mass is 10.1. The lowest BCUT2D eigenvalue weighted by molar-refractivity contribution is -0.384. The summed E-state index contributed by atoms with van der Waals surface area (Å²) in [4.78, 5) is 48.2. The van der Waals surface area contributed by atoms with Gasteiger partial charge in [-0.05, 0) is 26.0 Å². The highest BCUT2D eigenvalue weighted by Gasteiger charge is 2.21. The molecule has 2 amide bonds. The van der Waals surface area contributed by atoms with Crippen LogP contribution in [-0.2, 0) is 0 Å². The molecule has 2 N–H and O–H groups in total. The molecule has 11 nitrogen and oxygen atoms in total. The molecule has 0 unspecified atom stereocenters. The molecule has 1 heterocycles. The number of nitrogens with zero attached hydrogens (tertiary/aromatic N) is 3. The molecule has 0 spiro atoms. The number of ether oxygens (including phenoxy) is 1. The van der Waals surface area contributed by atoms with Gasteiger partial charge in [-0.2, -0.15) is 5.10 Å². The summed E-state index contributed by atoms with van der Waals surface area (Å²) in [5, 5.41) is 15.8. The number of hydrogen-bond donors (Lipinski definition) is 2. The first-order valence-electron chi connectivity index (χ1n) is 9.19. The number of methoxy groups -OCH3 is 1. The van der Waals surface area contributed by atoms with E-state index < -0.39 is 16.7 Å². The fraction of sp³-hybridized carbons (Fsp3) is 0.200. The molecule has 0 saturated carbocycles. The maximum absolute atomic E-state index is 12.8. The van der Waals surface area contributed by atoms with Crippen LogP contribution in [0.25, 0.3) is 10.8 Å². The van der Waals surface area contributed by atoms with Crippen LogP contribution in [-0.4, -0.2) is 33.6 Å². The SMILES string of the molecule is COc1ccc([N+](=O)[O-])cc1C(=O)NNC(=O)c1nn(C(C)C)c(=O)c2ccccc12. The fourth-order valence-electron chi connectivity index (χ4n) is 2.95. The van der Waals surface area contributed by atoms with Crippen LogP contribution in [0.4, 0.5) is 5.69 Å². The number of carbonyl (C=O) groups is 2. The van der Waals surface area contributed by atoms with Gasteiger partial charge in [-0.3, -0.25) is 35.3 Å². The van der Waals surface area contributed by atoms with E-state index in [2.05, 4.69) is 16.0 Å². The number of hydrazine groups is 1. The van der Waals surface area contributed by atoms with Gasteiger partial charge in [0.25, 0.3) is 23.1 Å². The summed E-state index contributed by atoms with van der Waals surface area (Å²) in [6.07, 6.45) is 0. The number of hydrogen-bond acceptors (Lipinski definition) is 7. The largest absolute Gasteiger partial charge is 0.496 e. The zero-order chi connectivity index (χ0) is 22.7. The van der Waals surface area contributed by atoms with Crippen LogP contribution in [0.3, 0.4) is 0 Å². The predicted octanol–water partition coefficient (Wildman–Crippen LogP) is 1.97. The van der Waals surface area contributed by atoms with Gasteiger partial charge in [-0.15, -0.1) is 0 Å². The Bertz CT molecular complexity index is 1250. The Labute approximate surface area is 175 Å². The Kier molecular flexibility index (Phi) is 5.95. The summed E-state index contributed by atoms with van der Waals surface area (Å²) in [6.45, 7) is 3.50. The Balaban J connectivity index is 1.91. The Morgan fingerprint density at radius 1 is 1.10 bits per heavy atom. The first-order chi connectivity index (χ1) is 14.7. The molecule has 1 aromatic heterocycles. The summed E-state index contributed by atoms with van der Waals surface area (Å²) in [5.74, 6) is -1.49. The van der Waals surface area contributed by atoms with E-state index >= 15 is 0 Å². The molecule has 0 atom stereocenters. The standard InChI is InChI=1S/C20H19N5O6/c1-11(2)24-20(28)14-7-5-4-6-13(14)17(23-24)19(27)22-21-18(26)15-10-12(25(29)30)8-9-16(15)31-3/h4-11H,1-3H3,(H,21,26)(H,22,27). The van der Waals surface area contributed by atoms with Gasteiger partial charge < -0.3 is 4.74 Å². The quantitative estimate of drug-likeness (QED) is 0.469. The maximum Gasteiger partial charge on any atom is 0.290 e. The van der Waals surface area contributed by atoms with E-state index in [1.807, 2.05) is 0 Å². The maximum atomic E-state index is 12.8. The van der Waals surface area contributed by atoms with Gasteiger partial charge in [0, 0.05) is 17.5 Å². The minimum Gasteiger partial charge on any atom is -0.496 e. The van der Waals surface area contributed by atoms with Crippen LogP contribution in [0, 0.1) is 10.1 Å². The number of rotatable bonds is 5. The normalized spacial score (nSPS) is 10.7. The van der Waals surface area contributed by atoms with Crippen molar-refractivity contribution in [2.24, 2.45) is 0 Å². The van der Waals surface area contributed by atoms with Crippen molar-refractivity contribution in [3.63, 3.8) is 0 Å². The summed E-state index contributed by atoms with van der Waals surface area (Å²) in [6, 6.07) is 9.71. The molecule has 0 saturated heterocycles. The number of amides is 2. The predicted molar refractivity (Wildman–Crippen MR) is 111 cm³/mol. The van der Waals surface area contributed by atoms with E-state index in [-0.39, 0.29) is 34.3 Å². The second kappa shape index (κ2) is 8.61. The summed E-state index contributed by atoms with van der Waals surface area (Å²) >= 11 is 0. The van der Waals surface area contributed by atoms with E-state index in [1.54, 1.807) is 38.1 Å². The summed E-state index contributed by atoms with van der Waals surface area (Å²) in [7, 11) is 1.31. The first kappa shape index (κ1) is 21.4. The van der Waals surface area contributed by atoms with Crippen LogP contribution in [0.2, 0.25) is 0 Å². The third-order valence-corrected chi connectivity index (χ3v) is 4.46. The number of non-ortho nitro benzene ring substituents is 1. The molecule has 2 aromatic carbocycles. The van der Waals surface area contributed by atoms with Gasteiger partial charge in [0.15, 0.2) is 5.69 Å². The monoisotopic (exact) mass is 425 g/mol. The van der Waals surface area contributed by atoms with Crippen LogP contribution in [0.5, 0.6) is 5.75 Å². The van der Waals surface area contributed by atoms with Crippen molar-refractivity contribution in [1.82, 2.24) is 20.6 Å². The van der Waals surface area contributed by atoms with E-state index in [0.717, 1.165) is 6.07 Å². The number of benzene rings is 2. The van der Waals surface area contributed by atoms with E-state index in [4.69, 9.17) is 4.74 Å². The number of nitro groups is 1. The lowest BCUT2D eigenvalue weighted by Gasteiger charge is -2.14. The molecule has 0 radical (unpaired) electrons. The molecule has 3 aromatic rings. The van der Waals surface area contributed by atoms with Crippen molar-refractivity contribution in [2.45, 2.75) is 19.9 Å². The van der Waals surface area contributed by atoms with Crippen molar-refractivity contribution in [1.29, 1.82) is 0 Å². The average molecular weight is 425 g/mol. The van der Waals surface area contributed by atoms with Gasteiger partial charge >= 0.3 is 0 Å². The molecular formula is C20H19N5O6. The molecule has 0 aliphatic rings. The third-order valence-electron chi connectivity index (χ3n) is 4.46. The Morgan fingerprint density at radius 2 is 1.74 bits per heavy atom. The van der Waals surface area contributed by atoms with E-state index in [1.165, 1.54) is 23.9 Å². The smallest absolute Gasteiger partial charge is 0.290 e. The second-order valence-corrected chi connectivity index (χ2v) is 6.79. The zero-order valence-corrected chi connectivity index (χ0v) is 16.9. The highest BCUT2D eigenvalue weighted by Crippen LogP contribution is 2.23. The van der Waals surface area contributed by atoms with Crippen molar-refractivity contribution in [2.75, 3.05) is 7.11 Å². The van der Waals surface area contributed by atoms with E-state index in [0.29, 0.717) is 10.8 Å². The molecule has 0 bridgehead atoms. The number of fused-ring (bicyclic) bond motifs is 1. The fourth-order valence-corrected chi connectivity index (χ4v) is 2.95. The van der Waals surface area contributed by atoms with Gasteiger partial charge in [-0.1, -0.05) is 18.2 Å². The highest BCUT2D eigenvalue weighted by molar-refractivity contribution is 6.06. The lowest BCUT2D eigenvalue weighted by Crippen LogP contribution is -2.43. The number of carbonyl (C=O) groups excluding carboxylic acids is 2. The van der Waals surface area contributed by atoms with E-state index in [9.17, 15) is 24.5 Å². The minimum atomic E-state index is -0.824. The number of aromatic nitrogens is 2. The first-order valence-corrected chi connectivity index (χ1v) is 9.19. The number of nitro benzene ring substituents is 1. The van der Waals surface area contributed by atoms with Crippen molar-refractivity contribution in [3.8, 4) is 5.75 Å². The molecule has 11 heteroatoms. The van der Waals surface area contributed by atoms with Crippen LogP contribution >= 0.6 is 0 Å². The Hall–Kier alpha value is -4.28.